The highest BCUT2D eigenvalue weighted by atomic mass is 35.5. The Hall–Kier alpha value is -2.16. The highest BCUT2D eigenvalue weighted by molar-refractivity contribution is 7.88. The van der Waals surface area contributed by atoms with Crippen LogP contribution in [-0.4, -0.2) is 21.4 Å². The van der Waals surface area contributed by atoms with Crippen molar-refractivity contribution >= 4 is 27.7 Å². The molecule has 9 heteroatoms. The van der Waals surface area contributed by atoms with E-state index in [1.807, 2.05) is 10.8 Å². The molecule has 0 unspecified atom stereocenters. The highest BCUT2D eigenvalue weighted by Gasteiger charge is 2.25. The van der Waals surface area contributed by atoms with Gasteiger partial charge in [-0.25, -0.2) is 13.8 Å². The summed E-state index contributed by atoms with van der Waals surface area (Å²) in [7, 11) is -2.94. The lowest BCUT2D eigenvalue weighted by atomic mass is 9.74. The van der Waals surface area contributed by atoms with E-state index in [1.165, 1.54) is 11.1 Å². The molecular weight excluding hydrogens is 431 g/mol. The molecule has 1 aliphatic carbocycles. The number of amides is 1. The Morgan fingerprint density at radius 2 is 1.97 bits per heavy atom. The molecule has 0 saturated heterocycles. The standard InChI is InChI=1S/C21H24ClFN2O4S/c1-21(2)7-6-14-8-13(4-5-15(14)11-21)12-29-19-10-18(23)16(9-17(19)22)20(26)25-30(27,28)24-3/h4-5,8-10,24H,6-7,11-12H2,1-3H3,(H,25,26). The normalized spacial score (nSPS) is 15.4. The third-order valence-electron chi connectivity index (χ3n) is 5.17. The van der Waals surface area contributed by atoms with Crippen LogP contribution >= 0.6 is 11.6 Å². The largest absolute Gasteiger partial charge is 0.487 e. The zero-order valence-electron chi connectivity index (χ0n) is 17.0. The Bertz CT molecular complexity index is 1090. The van der Waals surface area contributed by atoms with Gasteiger partial charge in [0.15, 0.2) is 0 Å². The maximum Gasteiger partial charge on any atom is 0.301 e. The smallest absolute Gasteiger partial charge is 0.301 e. The van der Waals surface area contributed by atoms with Crippen LogP contribution in [0.4, 0.5) is 4.39 Å². The van der Waals surface area contributed by atoms with E-state index >= 15 is 0 Å². The summed E-state index contributed by atoms with van der Waals surface area (Å²) in [5.74, 6) is -2.00. The second kappa shape index (κ2) is 8.53. The Labute approximate surface area is 181 Å². The number of hydrogen-bond donors (Lipinski definition) is 2. The molecule has 2 aromatic rings. The Morgan fingerprint density at radius 3 is 2.67 bits per heavy atom. The second-order valence-electron chi connectivity index (χ2n) is 8.13. The summed E-state index contributed by atoms with van der Waals surface area (Å²) in [6.45, 7) is 4.72. The van der Waals surface area contributed by atoms with Crippen LogP contribution in [0.3, 0.4) is 0 Å². The van der Waals surface area contributed by atoms with E-state index < -0.39 is 27.5 Å². The minimum atomic E-state index is -4.06. The van der Waals surface area contributed by atoms with E-state index in [0.717, 1.165) is 44.0 Å². The zero-order chi connectivity index (χ0) is 22.1. The first-order valence-electron chi connectivity index (χ1n) is 9.48. The molecule has 2 N–H and O–H groups in total. The lowest BCUT2D eigenvalue weighted by Crippen LogP contribution is -2.38. The van der Waals surface area contributed by atoms with Crippen LogP contribution in [0.25, 0.3) is 0 Å². The molecule has 0 spiro atoms. The van der Waals surface area contributed by atoms with Gasteiger partial charge in [0.1, 0.15) is 18.2 Å². The minimum absolute atomic E-state index is 0.00288. The first-order valence-corrected chi connectivity index (χ1v) is 11.3. The average Bonchev–Trinajstić information content (AvgIpc) is 2.67. The van der Waals surface area contributed by atoms with Crippen molar-refractivity contribution in [2.75, 3.05) is 7.05 Å². The molecule has 1 aliphatic rings. The van der Waals surface area contributed by atoms with E-state index in [-0.39, 0.29) is 17.4 Å². The Balaban J connectivity index is 1.72. The predicted molar refractivity (Wildman–Crippen MR) is 113 cm³/mol. The summed E-state index contributed by atoms with van der Waals surface area (Å²) in [6.07, 6.45) is 3.16. The van der Waals surface area contributed by atoms with E-state index in [9.17, 15) is 17.6 Å². The van der Waals surface area contributed by atoms with Crippen LogP contribution in [0, 0.1) is 11.2 Å². The lowest BCUT2D eigenvalue weighted by Gasteiger charge is -2.31. The van der Waals surface area contributed by atoms with Crippen molar-refractivity contribution in [2.24, 2.45) is 5.41 Å². The van der Waals surface area contributed by atoms with Gasteiger partial charge in [0.25, 0.3) is 5.91 Å². The first-order chi connectivity index (χ1) is 14.0. The number of fused-ring (bicyclic) bond motifs is 1. The van der Waals surface area contributed by atoms with Crippen LogP contribution in [0.15, 0.2) is 30.3 Å². The maximum atomic E-state index is 14.4. The lowest BCUT2D eigenvalue weighted by molar-refractivity contribution is 0.0977. The van der Waals surface area contributed by atoms with Gasteiger partial charge < -0.3 is 4.74 Å². The van der Waals surface area contributed by atoms with Crippen LogP contribution in [-0.2, 0) is 29.7 Å². The van der Waals surface area contributed by atoms with Crippen LogP contribution in [0.2, 0.25) is 5.02 Å². The minimum Gasteiger partial charge on any atom is -0.487 e. The number of ether oxygens (including phenoxy) is 1. The van der Waals surface area contributed by atoms with Crippen LogP contribution in [0.1, 0.15) is 47.3 Å². The van der Waals surface area contributed by atoms with Gasteiger partial charge >= 0.3 is 10.2 Å². The van der Waals surface area contributed by atoms with Crippen LogP contribution < -0.4 is 14.2 Å². The van der Waals surface area contributed by atoms with Gasteiger partial charge in [-0.05, 0) is 47.4 Å². The topological polar surface area (TPSA) is 84.5 Å². The number of aryl methyl sites for hydroxylation is 1. The molecule has 0 aliphatic heterocycles. The molecule has 0 bridgehead atoms. The molecule has 0 atom stereocenters. The van der Waals surface area contributed by atoms with Crippen molar-refractivity contribution in [3.63, 3.8) is 0 Å². The SMILES string of the molecule is CNS(=O)(=O)NC(=O)c1cc(Cl)c(OCc2ccc3c(c2)CCC(C)(C)C3)cc1F. The molecule has 0 radical (unpaired) electrons. The summed E-state index contributed by atoms with van der Waals surface area (Å²) in [4.78, 5) is 12.0. The molecule has 0 heterocycles. The number of carbonyl (C=O) groups excluding carboxylic acids is 1. The van der Waals surface area contributed by atoms with E-state index in [2.05, 4.69) is 26.0 Å². The van der Waals surface area contributed by atoms with Crippen molar-refractivity contribution in [2.45, 2.75) is 39.7 Å². The molecule has 162 valence electrons. The molecule has 3 rings (SSSR count). The molecule has 30 heavy (non-hydrogen) atoms. The summed E-state index contributed by atoms with van der Waals surface area (Å²) < 4.78 is 46.5. The fraction of sp³-hybridized carbons (Fsp3) is 0.381. The predicted octanol–water partition coefficient (Wildman–Crippen LogP) is 3.77. The number of halogens is 2. The molecule has 0 fully saturated rings. The van der Waals surface area contributed by atoms with Crippen molar-refractivity contribution in [3.8, 4) is 5.75 Å². The van der Waals surface area contributed by atoms with Gasteiger partial charge in [-0.1, -0.05) is 43.6 Å². The van der Waals surface area contributed by atoms with Gasteiger partial charge in [0.05, 0.1) is 10.6 Å². The van der Waals surface area contributed by atoms with Crippen molar-refractivity contribution in [3.05, 3.63) is 63.4 Å². The van der Waals surface area contributed by atoms with Crippen molar-refractivity contribution < 1.29 is 22.3 Å². The summed E-state index contributed by atoms with van der Waals surface area (Å²) in [6, 6.07) is 8.20. The summed E-state index contributed by atoms with van der Waals surface area (Å²) in [5, 5.41) is 0.00288. The number of nitrogens with one attached hydrogen (secondary N) is 2. The van der Waals surface area contributed by atoms with Gasteiger partial charge in [0.2, 0.25) is 0 Å². The third kappa shape index (κ3) is 5.30. The average molecular weight is 455 g/mol. The fourth-order valence-corrected chi connectivity index (χ4v) is 4.13. The number of benzene rings is 2. The van der Waals surface area contributed by atoms with Gasteiger partial charge in [-0.3, -0.25) is 4.79 Å². The van der Waals surface area contributed by atoms with E-state index in [4.69, 9.17) is 16.3 Å². The third-order valence-corrected chi connectivity index (χ3v) is 6.45. The number of carbonyl (C=O) groups is 1. The summed E-state index contributed by atoms with van der Waals surface area (Å²) >= 11 is 6.13. The fourth-order valence-electron chi connectivity index (χ4n) is 3.45. The van der Waals surface area contributed by atoms with Crippen molar-refractivity contribution in [1.82, 2.24) is 9.44 Å². The van der Waals surface area contributed by atoms with Crippen molar-refractivity contribution in [1.29, 1.82) is 0 Å². The maximum absolute atomic E-state index is 14.4. The monoisotopic (exact) mass is 454 g/mol. The molecule has 2 aromatic carbocycles. The Morgan fingerprint density at radius 1 is 1.23 bits per heavy atom. The first kappa shape index (κ1) is 22.5. The van der Waals surface area contributed by atoms with Gasteiger partial charge in [-0.2, -0.15) is 8.42 Å². The van der Waals surface area contributed by atoms with E-state index in [1.54, 1.807) is 4.72 Å². The van der Waals surface area contributed by atoms with E-state index in [0.29, 0.717) is 5.41 Å². The van der Waals surface area contributed by atoms with Gasteiger partial charge in [-0.15, -0.1) is 0 Å². The summed E-state index contributed by atoms with van der Waals surface area (Å²) in [5.41, 5.74) is 3.38. The molecule has 1 amide bonds. The molecule has 0 aromatic heterocycles. The molecule has 0 saturated carbocycles. The van der Waals surface area contributed by atoms with Gasteiger partial charge in [0, 0.05) is 13.1 Å². The second-order valence-corrected chi connectivity index (χ2v) is 10.2. The Kier molecular flexibility index (Phi) is 6.40. The quantitative estimate of drug-likeness (QED) is 0.695. The molecular formula is C21H24ClFN2O4S. The number of rotatable bonds is 6. The number of hydrogen-bond acceptors (Lipinski definition) is 4. The molecule has 6 nitrogen and oxygen atoms in total. The van der Waals surface area contributed by atoms with Crippen LogP contribution in [0.5, 0.6) is 5.75 Å². The highest BCUT2D eigenvalue weighted by Crippen LogP contribution is 2.35. The zero-order valence-corrected chi connectivity index (χ0v) is 18.6.